The van der Waals surface area contributed by atoms with Crippen LogP contribution in [-0.2, 0) is 20.1 Å². The Morgan fingerprint density at radius 3 is 2.37 bits per heavy atom. The van der Waals surface area contributed by atoms with Gasteiger partial charge in [0.25, 0.3) is 5.56 Å². The second kappa shape index (κ2) is 8.10. The van der Waals surface area contributed by atoms with Crippen LogP contribution in [0.5, 0.6) is 0 Å². The molecule has 1 N–H and O–H groups in total. The van der Waals surface area contributed by atoms with E-state index in [1.54, 1.807) is 7.05 Å². The molecule has 160 valence electrons. The van der Waals surface area contributed by atoms with Crippen molar-refractivity contribution in [1.29, 1.82) is 0 Å². The normalized spacial score (nSPS) is 15.4. The van der Waals surface area contributed by atoms with Crippen LogP contribution in [0.1, 0.15) is 25.0 Å². The van der Waals surface area contributed by atoms with Gasteiger partial charge in [-0.05, 0) is 18.4 Å². The molecule has 3 heterocycles. The lowest BCUT2D eigenvalue weighted by molar-refractivity contribution is 0.248. The van der Waals surface area contributed by atoms with Crippen molar-refractivity contribution in [1.82, 2.24) is 24.0 Å². The molecule has 0 unspecified atom stereocenters. The molecule has 0 bridgehead atoms. The maximum absolute atomic E-state index is 12.6. The van der Waals surface area contributed by atoms with Crippen LogP contribution in [-0.4, -0.2) is 50.2 Å². The third-order valence-corrected chi connectivity index (χ3v) is 5.72. The molecule has 0 radical (unpaired) electrons. The monoisotopic (exact) mass is 410 g/mol. The summed E-state index contributed by atoms with van der Waals surface area (Å²) in [4.78, 5) is 36.5. The molecule has 0 atom stereocenters. The Kier molecular flexibility index (Phi) is 5.51. The average Bonchev–Trinajstić information content (AvgIpc) is 3.08. The largest absolute Gasteiger partial charge is 0.340 e. The van der Waals surface area contributed by atoms with Crippen molar-refractivity contribution in [2.75, 3.05) is 31.1 Å². The smallest absolute Gasteiger partial charge is 0.329 e. The molecule has 2 aromatic heterocycles. The number of piperazine rings is 1. The Hall–Kier alpha value is -2.87. The summed E-state index contributed by atoms with van der Waals surface area (Å²) in [6.45, 7) is 11.5. The molecule has 0 aliphatic carbocycles. The van der Waals surface area contributed by atoms with Crippen molar-refractivity contribution in [2.45, 2.75) is 33.9 Å². The standard InChI is InChI=1S/C22H30N6O2/c1-15(2)13-28-18-19(25(4)22(30)24-20(18)29)23-21(28)27-11-9-26(10-12-27)14-17-7-5-16(3)6-8-17/h5-8,15H,9-14H2,1-4H3,(H,24,29,30). The second-order valence-electron chi connectivity index (χ2n) is 8.66. The highest BCUT2D eigenvalue weighted by Gasteiger charge is 2.25. The first-order valence-corrected chi connectivity index (χ1v) is 10.6. The Morgan fingerprint density at radius 2 is 1.73 bits per heavy atom. The number of aromatic amines is 1. The first-order valence-electron chi connectivity index (χ1n) is 10.6. The summed E-state index contributed by atoms with van der Waals surface area (Å²) in [5.41, 5.74) is 2.71. The number of fused-ring (bicyclic) bond motifs is 1. The zero-order valence-electron chi connectivity index (χ0n) is 18.2. The van der Waals surface area contributed by atoms with Crippen molar-refractivity contribution < 1.29 is 0 Å². The number of rotatable bonds is 5. The SMILES string of the molecule is Cc1ccc(CN2CCN(c3nc4c(c(=O)[nH]c(=O)n4C)n3CC(C)C)CC2)cc1. The average molecular weight is 411 g/mol. The van der Waals surface area contributed by atoms with E-state index < -0.39 is 5.69 Å². The van der Waals surface area contributed by atoms with Gasteiger partial charge in [-0.25, -0.2) is 4.79 Å². The van der Waals surface area contributed by atoms with Crippen molar-refractivity contribution in [3.63, 3.8) is 0 Å². The molecule has 1 aromatic carbocycles. The van der Waals surface area contributed by atoms with Gasteiger partial charge in [-0.3, -0.25) is 19.2 Å². The summed E-state index contributed by atoms with van der Waals surface area (Å²) in [5.74, 6) is 1.13. The van der Waals surface area contributed by atoms with Gasteiger partial charge in [0.1, 0.15) is 0 Å². The summed E-state index contributed by atoms with van der Waals surface area (Å²) in [6, 6.07) is 8.69. The van der Waals surface area contributed by atoms with Crippen LogP contribution >= 0.6 is 0 Å². The van der Waals surface area contributed by atoms with Gasteiger partial charge in [0.2, 0.25) is 5.95 Å². The molecule has 4 rings (SSSR count). The highest BCUT2D eigenvalue weighted by atomic mass is 16.2. The van der Waals surface area contributed by atoms with Crippen LogP contribution in [0.3, 0.4) is 0 Å². The molecular weight excluding hydrogens is 380 g/mol. The van der Waals surface area contributed by atoms with E-state index in [2.05, 4.69) is 59.8 Å². The van der Waals surface area contributed by atoms with E-state index in [4.69, 9.17) is 4.98 Å². The van der Waals surface area contributed by atoms with Gasteiger partial charge in [-0.1, -0.05) is 43.7 Å². The Bertz CT molecular complexity index is 1150. The predicted molar refractivity (Wildman–Crippen MR) is 119 cm³/mol. The fourth-order valence-electron chi connectivity index (χ4n) is 4.06. The van der Waals surface area contributed by atoms with E-state index in [1.165, 1.54) is 15.7 Å². The molecule has 1 fully saturated rings. The molecule has 8 heteroatoms. The quantitative estimate of drug-likeness (QED) is 0.693. The summed E-state index contributed by atoms with van der Waals surface area (Å²) in [6.07, 6.45) is 0. The molecule has 1 saturated heterocycles. The lowest BCUT2D eigenvalue weighted by Gasteiger charge is -2.35. The van der Waals surface area contributed by atoms with Crippen molar-refractivity contribution >= 4 is 17.1 Å². The Morgan fingerprint density at radius 1 is 1.07 bits per heavy atom. The van der Waals surface area contributed by atoms with Gasteiger partial charge in [0.05, 0.1) is 0 Å². The zero-order valence-corrected chi connectivity index (χ0v) is 18.2. The minimum atomic E-state index is -0.434. The van der Waals surface area contributed by atoms with Gasteiger partial charge >= 0.3 is 5.69 Å². The molecule has 8 nitrogen and oxygen atoms in total. The van der Waals surface area contributed by atoms with Crippen LogP contribution in [0.2, 0.25) is 0 Å². The maximum atomic E-state index is 12.6. The first kappa shape index (κ1) is 20.4. The summed E-state index contributed by atoms with van der Waals surface area (Å²) in [5, 5.41) is 0. The fourth-order valence-corrected chi connectivity index (χ4v) is 4.06. The van der Waals surface area contributed by atoms with E-state index in [0.717, 1.165) is 38.7 Å². The highest BCUT2D eigenvalue weighted by molar-refractivity contribution is 5.74. The number of hydrogen-bond donors (Lipinski definition) is 1. The first-order chi connectivity index (χ1) is 14.3. The third kappa shape index (κ3) is 3.92. The van der Waals surface area contributed by atoms with Gasteiger partial charge in [-0.15, -0.1) is 0 Å². The van der Waals surface area contributed by atoms with Crippen molar-refractivity contribution in [3.05, 3.63) is 56.2 Å². The number of imidazole rings is 1. The minimum absolute atomic E-state index is 0.348. The highest BCUT2D eigenvalue weighted by Crippen LogP contribution is 2.22. The number of aromatic nitrogens is 4. The van der Waals surface area contributed by atoms with E-state index in [0.29, 0.717) is 23.6 Å². The predicted octanol–water partition coefficient (Wildman–Crippen LogP) is 1.71. The number of nitrogens with one attached hydrogen (secondary N) is 1. The molecule has 3 aromatic rings. The second-order valence-corrected chi connectivity index (χ2v) is 8.66. The van der Waals surface area contributed by atoms with Gasteiger partial charge in [0.15, 0.2) is 11.2 Å². The minimum Gasteiger partial charge on any atom is -0.340 e. The molecule has 1 aliphatic heterocycles. The molecular formula is C22H30N6O2. The van der Waals surface area contributed by atoms with E-state index in [9.17, 15) is 9.59 Å². The number of hydrogen-bond acceptors (Lipinski definition) is 5. The Labute approximate surface area is 175 Å². The molecule has 1 aliphatic rings. The molecule has 0 saturated carbocycles. The number of anilines is 1. The topological polar surface area (TPSA) is 79.2 Å². The van der Waals surface area contributed by atoms with Gasteiger partial charge < -0.3 is 9.47 Å². The van der Waals surface area contributed by atoms with Crippen LogP contribution in [0.15, 0.2) is 33.9 Å². The lowest BCUT2D eigenvalue weighted by Crippen LogP contribution is -2.47. The zero-order chi connectivity index (χ0) is 21.4. The molecule has 30 heavy (non-hydrogen) atoms. The third-order valence-electron chi connectivity index (χ3n) is 5.72. The lowest BCUT2D eigenvalue weighted by atomic mass is 10.1. The fraction of sp³-hybridized carbons (Fsp3) is 0.500. The number of H-pyrrole nitrogens is 1. The summed E-state index contributed by atoms with van der Waals surface area (Å²) in [7, 11) is 1.65. The summed E-state index contributed by atoms with van der Waals surface area (Å²) >= 11 is 0. The van der Waals surface area contributed by atoms with E-state index in [-0.39, 0.29) is 5.56 Å². The van der Waals surface area contributed by atoms with Crippen LogP contribution in [0, 0.1) is 12.8 Å². The van der Waals surface area contributed by atoms with Crippen molar-refractivity contribution in [3.8, 4) is 0 Å². The Balaban J connectivity index is 1.59. The molecule has 0 spiro atoms. The van der Waals surface area contributed by atoms with E-state index >= 15 is 0 Å². The van der Waals surface area contributed by atoms with Crippen LogP contribution in [0.25, 0.3) is 11.2 Å². The number of benzene rings is 1. The van der Waals surface area contributed by atoms with E-state index in [1.807, 2.05) is 4.57 Å². The van der Waals surface area contributed by atoms with Crippen LogP contribution in [0.4, 0.5) is 5.95 Å². The van der Waals surface area contributed by atoms with Gasteiger partial charge in [0, 0.05) is 46.3 Å². The number of aryl methyl sites for hydroxylation is 2. The maximum Gasteiger partial charge on any atom is 0.329 e. The number of nitrogens with zero attached hydrogens (tertiary/aromatic N) is 5. The van der Waals surface area contributed by atoms with Crippen molar-refractivity contribution in [2.24, 2.45) is 13.0 Å². The molecule has 0 amide bonds. The summed E-state index contributed by atoms with van der Waals surface area (Å²) < 4.78 is 3.40. The van der Waals surface area contributed by atoms with Crippen LogP contribution < -0.4 is 16.1 Å². The van der Waals surface area contributed by atoms with Gasteiger partial charge in [-0.2, -0.15) is 4.98 Å².